The number of hydrogen-bond donors (Lipinski definition) is 3. The van der Waals surface area contributed by atoms with Crippen molar-refractivity contribution < 1.29 is 29.0 Å². The number of ether oxygens (including phenoxy) is 1. The standard InChI is InChI=1S/C11H16N2O6/c1-4-19-8(14)5-12-11(18)13-9(15)6(2)7(3)10(16)17/h4-5H2,1-3H3,(H,16,17)(H2,12,13,15,18)/b7-6-. The predicted octanol–water partition coefficient (Wildman–Crippen LogP) is -0.204. The van der Waals surface area contributed by atoms with Crippen LogP contribution < -0.4 is 10.6 Å². The van der Waals surface area contributed by atoms with Gasteiger partial charge < -0.3 is 15.2 Å². The summed E-state index contributed by atoms with van der Waals surface area (Å²) < 4.78 is 4.56. The van der Waals surface area contributed by atoms with Crippen LogP contribution in [0.1, 0.15) is 20.8 Å². The first-order valence-electron chi connectivity index (χ1n) is 5.45. The first-order chi connectivity index (χ1) is 8.79. The topological polar surface area (TPSA) is 122 Å². The van der Waals surface area contributed by atoms with Gasteiger partial charge in [0.25, 0.3) is 5.91 Å². The first-order valence-corrected chi connectivity index (χ1v) is 5.45. The summed E-state index contributed by atoms with van der Waals surface area (Å²) in [4.78, 5) is 44.2. The molecule has 0 saturated carbocycles. The summed E-state index contributed by atoms with van der Waals surface area (Å²) in [5, 5.41) is 12.7. The van der Waals surface area contributed by atoms with Crippen molar-refractivity contribution in [3.63, 3.8) is 0 Å². The van der Waals surface area contributed by atoms with E-state index in [1.807, 2.05) is 5.32 Å². The van der Waals surface area contributed by atoms with Gasteiger partial charge in [-0.1, -0.05) is 0 Å². The van der Waals surface area contributed by atoms with Crippen molar-refractivity contribution in [3.05, 3.63) is 11.1 Å². The van der Waals surface area contributed by atoms with Gasteiger partial charge in [0.05, 0.1) is 6.61 Å². The van der Waals surface area contributed by atoms with E-state index in [2.05, 4.69) is 10.1 Å². The molecule has 0 aliphatic heterocycles. The predicted molar refractivity (Wildman–Crippen MR) is 64.2 cm³/mol. The zero-order chi connectivity index (χ0) is 15.0. The molecule has 0 atom stereocenters. The first kappa shape index (κ1) is 16.6. The second kappa shape index (κ2) is 7.85. The molecular formula is C11H16N2O6. The Labute approximate surface area is 109 Å². The van der Waals surface area contributed by atoms with Gasteiger partial charge in [0.2, 0.25) is 0 Å². The van der Waals surface area contributed by atoms with Crippen molar-refractivity contribution in [1.82, 2.24) is 10.6 Å². The van der Waals surface area contributed by atoms with Crippen LogP contribution in [-0.4, -0.2) is 42.1 Å². The number of aliphatic carboxylic acids is 1. The Bertz CT molecular complexity index is 427. The highest BCUT2D eigenvalue weighted by Gasteiger charge is 2.15. The summed E-state index contributed by atoms with van der Waals surface area (Å²) >= 11 is 0. The molecule has 0 bridgehead atoms. The number of carbonyl (C=O) groups excluding carboxylic acids is 3. The Morgan fingerprint density at radius 2 is 1.68 bits per heavy atom. The van der Waals surface area contributed by atoms with Crippen LogP contribution in [0.3, 0.4) is 0 Å². The SMILES string of the molecule is CCOC(=O)CNC(=O)NC(=O)/C(C)=C(/C)C(=O)O. The number of imide groups is 1. The molecule has 0 unspecified atom stereocenters. The average molecular weight is 272 g/mol. The number of carbonyl (C=O) groups is 4. The van der Waals surface area contributed by atoms with Gasteiger partial charge in [-0.25, -0.2) is 9.59 Å². The molecule has 8 heteroatoms. The number of nitrogens with one attached hydrogen (secondary N) is 2. The number of esters is 1. The summed E-state index contributed by atoms with van der Waals surface area (Å²) in [5.74, 6) is -2.74. The minimum atomic E-state index is -1.25. The van der Waals surface area contributed by atoms with Gasteiger partial charge in [-0.2, -0.15) is 0 Å². The summed E-state index contributed by atoms with van der Waals surface area (Å²) in [5.41, 5.74) is -0.269. The van der Waals surface area contributed by atoms with E-state index in [1.54, 1.807) is 6.92 Å². The van der Waals surface area contributed by atoms with Crippen LogP contribution in [0.2, 0.25) is 0 Å². The van der Waals surface area contributed by atoms with E-state index < -0.39 is 23.9 Å². The van der Waals surface area contributed by atoms with Crippen molar-refractivity contribution in [2.45, 2.75) is 20.8 Å². The number of hydrogen-bond acceptors (Lipinski definition) is 5. The second-order valence-electron chi connectivity index (χ2n) is 3.50. The van der Waals surface area contributed by atoms with Gasteiger partial charge in [-0.05, 0) is 20.8 Å². The molecule has 0 fully saturated rings. The maximum Gasteiger partial charge on any atom is 0.331 e. The number of amides is 3. The molecule has 3 N–H and O–H groups in total. The molecule has 19 heavy (non-hydrogen) atoms. The molecule has 0 aromatic rings. The van der Waals surface area contributed by atoms with Crippen LogP contribution in [0.5, 0.6) is 0 Å². The molecule has 0 aromatic heterocycles. The fourth-order valence-corrected chi connectivity index (χ4v) is 0.936. The van der Waals surface area contributed by atoms with Crippen LogP contribution in [0, 0.1) is 0 Å². The van der Waals surface area contributed by atoms with Gasteiger partial charge in [-0.15, -0.1) is 0 Å². The smallest absolute Gasteiger partial charge is 0.331 e. The zero-order valence-electron chi connectivity index (χ0n) is 10.9. The van der Waals surface area contributed by atoms with E-state index in [4.69, 9.17) is 5.11 Å². The van der Waals surface area contributed by atoms with E-state index in [0.29, 0.717) is 0 Å². The van der Waals surface area contributed by atoms with Crippen molar-refractivity contribution in [3.8, 4) is 0 Å². The summed E-state index contributed by atoms with van der Waals surface area (Å²) in [6, 6.07) is -0.907. The lowest BCUT2D eigenvalue weighted by atomic mass is 10.1. The number of urea groups is 1. The third-order valence-electron chi connectivity index (χ3n) is 2.15. The molecule has 0 spiro atoms. The average Bonchev–Trinajstić information content (AvgIpc) is 2.34. The van der Waals surface area contributed by atoms with Crippen LogP contribution in [0.25, 0.3) is 0 Å². The zero-order valence-corrected chi connectivity index (χ0v) is 10.9. The molecule has 8 nitrogen and oxygen atoms in total. The third-order valence-corrected chi connectivity index (χ3v) is 2.15. The van der Waals surface area contributed by atoms with Gasteiger partial charge in [0, 0.05) is 11.1 Å². The van der Waals surface area contributed by atoms with Crippen molar-refractivity contribution >= 4 is 23.9 Å². The Morgan fingerprint density at radius 1 is 1.11 bits per heavy atom. The largest absolute Gasteiger partial charge is 0.478 e. The normalized spacial score (nSPS) is 11.1. The Balaban J connectivity index is 4.35. The van der Waals surface area contributed by atoms with E-state index in [-0.39, 0.29) is 24.3 Å². The monoisotopic (exact) mass is 272 g/mol. The van der Waals surface area contributed by atoms with E-state index in [1.165, 1.54) is 13.8 Å². The molecule has 0 rings (SSSR count). The molecule has 0 saturated heterocycles. The van der Waals surface area contributed by atoms with Crippen LogP contribution in [-0.2, 0) is 19.1 Å². The lowest BCUT2D eigenvalue weighted by molar-refractivity contribution is -0.141. The van der Waals surface area contributed by atoms with E-state index in [9.17, 15) is 19.2 Å². The second-order valence-corrected chi connectivity index (χ2v) is 3.50. The van der Waals surface area contributed by atoms with Gasteiger partial charge in [0.1, 0.15) is 6.54 Å². The van der Waals surface area contributed by atoms with E-state index in [0.717, 1.165) is 0 Å². The number of rotatable bonds is 5. The molecular weight excluding hydrogens is 256 g/mol. The van der Waals surface area contributed by atoms with Gasteiger partial charge in [0.15, 0.2) is 0 Å². The molecule has 0 heterocycles. The molecule has 0 radical (unpaired) electrons. The highest BCUT2D eigenvalue weighted by Crippen LogP contribution is 2.02. The number of carboxylic acids is 1. The lowest BCUT2D eigenvalue weighted by Gasteiger charge is -2.07. The van der Waals surface area contributed by atoms with Crippen LogP contribution >= 0.6 is 0 Å². The maximum atomic E-state index is 11.5. The molecule has 106 valence electrons. The maximum absolute atomic E-state index is 11.5. The highest BCUT2D eigenvalue weighted by atomic mass is 16.5. The Kier molecular flexibility index (Phi) is 6.87. The van der Waals surface area contributed by atoms with Gasteiger partial charge in [-0.3, -0.25) is 14.9 Å². The summed E-state index contributed by atoms with van der Waals surface area (Å²) in [6.07, 6.45) is 0. The highest BCUT2D eigenvalue weighted by molar-refractivity contribution is 6.07. The van der Waals surface area contributed by atoms with Crippen molar-refractivity contribution in [1.29, 1.82) is 0 Å². The Morgan fingerprint density at radius 3 is 2.16 bits per heavy atom. The minimum Gasteiger partial charge on any atom is -0.478 e. The molecule has 0 aromatic carbocycles. The number of carboxylic acid groups (broad SMARTS) is 1. The van der Waals surface area contributed by atoms with Crippen LogP contribution in [0.15, 0.2) is 11.1 Å². The summed E-state index contributed by atoms with van der Waals surface area (Å²) in [7, 11) is 0. The third kappa shape index (κ3) is 6.20. The molecule has 3 amide bonds. The lowest BCUT2D eigenvalue weighted by Crippen LogP contribution is -2.42. The summed E-state index contributed by atoms with van der Waals surface area (Å²) in [6.45, 7) is 3.93. The minimum absolute atomic E-state index is 0.0983. The molecule has 0 aliphatic rings. The quantitative estimate of drug-likeness (QED) is 0.470. The van der Waals surface area contributed by atoms with Gasteiger partial charge >= 0.3 is 18.0 Å². The fourth-order valence-electron chi connectivity index (χ4n) is 0.936. The molecule has 0 aliphatic carbocycles. The fraction of sp³-hybridized carbons (Fsp3) is 0.455. The van der Waals surface area contributed by atoms with Crippen LogP contribution in [0.4, 0.5) is 4.79 Å². The Hall–Kier alpha value is -2.38. The van der Waals surface area contributed by atoms with Crippen molar-refractivity contribution in [2.75, 3.05) is 13.2 Å². The van der Waals surface area contributed by atoms with E-state index >= 15 is 0 Å². The van der Waals surface area contributed by atoms with Crippen molar-refractivity contribution in [2.24, 2.45) is 0 Å².